The molecule has 1 atom stereocenters. The summed E-state index contributed by atoms with van der Waals surface area (Å²) < 4.78 is 5.14. The largest absolute Gasteiger partial charge is 0.468 e. The molecule has 3 heteroatoms. The number of furan rings is 1. The highest BCUT2D eigenvalue weighted by Crippen LogP contribution is 2.00. The third kappa shape index (κ3) is 3.07. The van der Waals surface area contributed by atoms with Crippen LogP contribution in [0.4, 0.5) is 0 Å². The van der Waals surface area contributed by atoms with E-state index in [9.17, 15) is 0 Å². The zero-order chi connectivity index (χ0) is 8.81. The van der Waals surface area contributed by atoms with E-state index < -0.39 is 0 Å². The standard InChI is InChI=1S/C9H15NO2/c1-8(4-5-11)10-7-9-3-2-6-12-9/h2-3,6,8,10-11H,4-5,7H2,1H3/t8-/m1/s1. The summed E-state index contributed by atoms with van der Waals surface area (Å²) in [6.45, 7) is 3.00. The molecule has 3 nitrogen and oxygen atoms in total. The Bertz CT molecular complexity index is 196. The SMILES string of the molecule is C[C@H](CCO)NCc1ccco1. The minimum atomic E-state index is 0.228. The molecule has 1 aromatic rings. The Hall–Kier alpha value is -0.800. The van der Waals surface area contributed by atoms with Crippen molar-refractivity contribution in [1.29, 1.82) is 0 Å². The molecule has 0 saturated carbocycles. The molecule has 68 valence electrons. The minimum absolute atomic E-state index is 0.228. The first-order chi connectivity index (χ1) is 5.83. The zero-order valence-corrected chi connectivity index (χ0v) is 7.29. The molecule has 0 amide bonds. The van der Waals surface area contributed by atoms with Gasteiger partial charge in [0.15, 0.2) is 0 Å². The smallest absolute Gasteiger partial charge is 0.117 e. The van der Waals surface area contributed by atoms with Gasteiger partial charge >= 0.3 is 0 Å². The molecule has 0 fully saturated rings. The van der Waals surface area contributed by atoms with Gasteiger partial charge in [0.2, 0.25) is 0 Å². The molecule has 0 aromatic carbocycles. The summed E-state index contributed by atoms with van der Waals surface area (Å²) in [5.41, 5.74) is 0. The molecule has 0 aliphatic rings. The van der Waals surface area contributed by atoms with E-state index in [1.165, 1.54) is 0 Å². The summed E-state index contributed by atoms with van der Waals surface area (Å²) >= 11 is 0. The van der Waals surface area contributed by atoms with Crippen molar-refractivity contribution < 1.29 is 9.52 Å². The van der Waals surface area contributed by atoms with E-state index in [1.807, 2.05) is 19.1 Å². The molecule has 12 heavy (non-hydrogen) atoms. The number of hydrogen-bond acceptors (Lipinski definition) is 3. The molecular formula is C9H15NO2. The van der Waals surface area contributed by atoms with Crippen LogP contribution in [0.1, 0.15) is 19.1 Å². The summed E-state index contributed by atoms with van der Waals surface area (Å²) in [5, 5.41) is 11.9. The monoisotopic (exact) mass is 169 g/mol. The predicted octanol–water partition coefficient (Wildman–Crippen LogP) is 1.14. The van der Waals surface area contributed by atoms with Crippen LogP contribution in [0.3, 0.4) is 0 Å². The summed E-state index contributed by atoms with van der Waals surface area (Å²) in [5.74, 6) is 0.930. The van der Waals surface area contributed by atoms with Crippen LogP contribution < -0.4 is 5.32 Å². The van der Waals surface area contributed by atoms with Crippen LogP contribution >= 0.6 is 0 Å². The lowest BCUT2D eigenvalue weighted by molar-refractivity contribution is 0.267. The van der Waals surface area contributed by atoms with Gasteiger partial charge < -0.3 is 14.8 Å². The highest BCUT2D eigenvalue weighted by molar-refractivity contribution is 4.97. The lowest BCUT2D eigenvalue weighted by Crippen LogP contribution is -2.26. The highest BCUT2D eigenvalue weighted by Gasteiger charge is 2.00. The second-order valence-electron chi connectivity index (χ2n) is 2.87. The van der Waals surface area contributed by atoms with Gasteiger partial charge in [-0.15, -0.1) is 0 Å². The average molecular weight is 169 g/mol. The summed E-state index contributed by atoms with van der Waals surface area (Å²) in [4.78, 5) is 0. The second-order valence-corrected chi connectivity index (χ2v) is 2.87. The lowest BCUT2D eigenvalue weighted by Gasteiger charge is -2.10. The maximum atomic E-state index is 8.63. The maximum absolute atomic E-state index is 8.63. The molecule has 1 heterocycles. The van der Waals surface area contributed by atoms with E-state index in [0.29, 0.717) is 6.04 Å². The molecule has 0 spiro atoms. The van der Waals surface area contributed by atoms with Gasteiger partial charge in [0.05, 0.1) is 12.8 Å². The quantitative estimate of drug-likeness (QED) is 0.694. The van der Waals surface area contributed by atoms with Gasteiger partial charge in [0, 0.05) is 12.6 Å². The summed E-state index contributed by atoms with van der Waals surface area (Å²) in [6.07, 6.45) is 2.44. The van der Waals surface area contributed by atoms with E-state index in [1.54, 1.807) is 6.26 Å². The Balaban J connectivity index is 2.17. The molecule has 2 N–H and O–H groups in total. The Kier molecular flexibility index (Phi) is 3.84. The first kappa shape index (κ1) is 9.29. The minimum Gasteiger partial charge on any atom is -0.468 e. The third-order valence-corrected chi connectivity index (χ3v) is 1.77. The lowest BCUT2D eigenvalue weighted by atomic mass is 10.2. The van der Waals surface area contributed by atoms with Crippen molar-refractivity contribution in [3.63, 3.8) is 0 Å². The van der Waals surface area contributed by atoms with Crippen LogP contribution in [0.2, 0.25) is 0 Å². The van der Waals surface area contributed by atoms with Gasteiger partial charge in [-0.1, -0.05) is 0 Å². The number of nitrogens with one attached hydrogen (secondary N) is 1. The van der Waals surface area contributed by atoms with Crippen LogP contribution in [-0.4, -0.2) is 17.8 Å². The van der Waals surface area contributed by atoms with Crippen LogP contribution in [0, 0.1) is 0 Å². The Labute approximate surface area is 72.4 Å². The molecule has 1 rings (SSSR count). The topological polar surface area (TPSA) is 45.4 Å². The van der Waals surface area contributed by atoms with Crippen LogP contribution in [-0.2, 0) is 6.54 Å². The van der Waals surface area contributed by atoms with Crippen molar-refractivity contribution in [2.75, 3.05) is 6.61 Å². The van der Waals surface area contributed by atoms with Crippen molar-refractivity contribution >= 4 is 0 Å². The Morgan fingerprint density at radius 3 is 3.08 bits per heavy atom. The number of rotatable bonds is 5. The number of hydrogen-bond donors (Lipinski definition) is 2. The fourth-order valence-electron chi connectivity index (χ4n) is 0.984. The molecule has 1 aromatic heterocycles. The van der Waals surface area contributed by atoms with E-state index in [4.69, 9.17) is 9.52 Å². The van der Waals surface area contributed by atoms with E-state index >= 15 is 0 Å². The van der Waals surface area contributed by atoms with Crippen LogP contribution in [0.15, 0.2) is 22.8 Å². The van der Waals surface area contributed by atoms with Crippen LogP contribution in [0.25, 0.3) is 0 Å². The average Bonchev–Trinajstić information content (AvgIpc) is 2.53. The van der Waals surface area contributed by atoms with Gasteiger partial charge in [0.1, 0.15) is 5.76 Å². The Morgan fingerprint density at radius 2 is 2.50 bits per heavy atom. The normalized spacial score (nSPS) is 13.2. The van der Waals surface area contributed by atoms with Gasteiger partial charge in [0.25, 0.3) is 0 Å². The zero-order valence-electron chi connectivity index (χ0n) is 7.29. The Morgan fingerprint density at radius 1 is 1.67 bits per heavy atom. The van der Waals surface area contributed by atoms with E-state index in [-0.39, 0.29) is 6.61 Å². The molecule has 0 aliphatic heterocycles. The van der Waals surface area contributed by atoms with Gasteiger partial charge in [-0.25, -0.2) is 0 Å². The highest BCUT2D eigenvalue weighted by atomic mass is 16.3. The van der Waals surface area contributed by atoms with E-state index in [0.717, 1.165) is 18.7 Å². The number of aliphatic hydroxyl groups excluding tert-OH is 1. The predicted molar refractivity (Wildman–Crippen MR) is 46.7 cm³/mol. The first-order valence-corrected chi connectivity index (χ1v) is 4.19. The van der Waals surface area contributed by atoms with Crippen molar-refractivity contribution in [1.82, 2.24) is 5.32 Å². The fraction of sp³-hybridized carbons (Fsp3) is 0.556. The van der Waals surface area contributed by atoms with Crippen molar-refractivity contribution in [3.05, 3.63) is 24.2 Å². The van der Waals surface area contributed by atoms with E-state index in [2.05, 4.69) is 5.32 Å². The molecular weight excluding hydrogens is 154 g/mol. The number of aliphatic hydroxyl groups is 1. The van der Waals surface area contributed by atoms with Gasteiger partial charge in [-0.2, -0.15) is 0 Å². The first-order valence-electron chi connectivity index (χ1n) is 4.19. The molecule has 0 unspecified atom stereocenters. The molecule has 0 radical (unpaired) electrons. The van der Waals surface area contributed by atoms with Crippen molar-refractivity contribution in [2.45, 2.75) is 25.9 Å². The van der Waals surface area contributed by atoms with Crippen LogP contribution in [0.5, 0.6) is 0 Å². The molecule has 0 aliphatic carbocycles. The van der Waals surface area contributed by atoms with Gasteiger partial charge in [-0.05, 0) is 25.5 Å². The van der Waals surface area contributed by atoms with Gasteiger partial charge in [-0.3, -0.25) is 0 Å². The molecule has 0 bridgehead atoms. The van der Waals surface area contributed by atoms with Crippen molar-refractivity contribution in [2.24, 2.45) is 0 Å². The molecule has 0 saturated heterocycles. The summed E-state index contributed by atoms with van der Waals surface area (Å²) in [7, 11) is 0. The van der Waals surface area contributed by atoms with Crippen molar-refractivity contribution in [3.8, 4) is 0 Å². The summed E-state index contributed by atoms with van der Waals surface area (Å²) in [6, 6.07) is 4.13. The maximum Gasteiger partial charge on any atom is 0.117 e. The second kappa shape index (κ2) is 4.95. The fourth-order valence-corrected chi connectivity index (χ4v) is 0.984. The third-order valence-electron chi connectivity index (χ3n) is 1.77.